The van der Waals surface area contributed by atoms with Crippen LogP contribution in [0.15, 0.2) is 0 Å². The van der Waals surface area contributed by atoms with Crippen LogP contribution in [0.5, 0.6) is 0 Å². The second kappa shape index (κ2) is 5.81. The van der Waals surface area contributed by atoms with Crippen LogP contribution in [0.2, 0.25) is 0 Å². The molecule has 0 spiro atoms. The SMILES string of the molecule is CN(CCN1CCOCC1)C(=O)[C@H]1[C@@H]2CN(C(=O)O)C[C@@H]21. The van der Waals surface area contributed by atoms with Crippen LogP contribution in [0.3, 0.4) is 0 Å². The van der Waals surface area contributed by atoms with E-state index in [1.54, 1.807) is 0 Å². The van der Waals surface area contributed by atoms with E-state index in [2.05, 4.69) is 4.90 Å². The van der Waals surface area contributed by atoms with E-state index in [1.165, 1.54) is 4.90 Å². The van der Waals surface area contributed by atoms with Gasteiger partial charge < -0.3 is 19.6 Å². The Kier molecular flexibility index (Phi) is 4.03. The third-order valence-corrected chi connectivity index (χ3v) is 4.98. The fourth-order valence-corrected chi connectivity index (χ4v) is 3.53. The van der Waals surface area contributed by atoms with Crippen LogP contribution in [-0.2, 0) is 9.53 Å². The van der Waals surface area contributed by atoms with E-state index in [9.17, 15) is 9.59 Å². The third-order valence-electron chi connectivity index (χ3n) is 4.98. The number of ether oxygens (including phenoxy) is 1. The Morgan fingerprint density at radius 3 is 2.43 bits per heavy atom. The molecule has 7 nitrogen and oxygen atoms in total. The largest absolute Gasteiger partial charge is 0.465 e. The van der Waals surface area contributed by atoms with Crippen molar-refractivity contribution >= 4 is 12.0 Å². The van der Waals surface area contributed by atoms with Gasteiger partial charge in [0.1, 0.15) is 0 Å². The van der Waals surface area contributed by atoms with Gasteiger partial charge >= 0.3 is 6.09 Å². The molecule has 21 heavy (non-hydrogen) atoms. The number of hydrogen-bond donors (Lipinski definition) is 1. The molecule has 2 saturated heterocycles. The van der Waals surface area contributed by atoms with Crippen LogP contribution in [0.1, 0.15) is 0 Å². The van der Waals surface area contributed by atoms with Gasteiger partial charge in [-0.2, -0.15) is 0 Å². The highest BCUT2D eigenvalue weighted by Gasteiger charge is 2.60. The first kappa shape index (κ1) is 14.6. The maximum atomic E-state index is 12.4. The molecule has 3 fully saturated rings. The topological polar surface area (TPSA) is 73.3 Å². The first-order chi connectivity index (χ1) is 10.1. The number of likely N-dealkylation sites (N-methyl/N-ethyl adjacent to an activating group) is 1. The highest BCUT2D eigenvalue weighted by atomic mass is 16.5. The smallest absolute Gasteiger partial charge is 0.407 e. The van der Waals surface area contributed by atoms with E-state index >= 15 is 0 Å². The lowest BCUT2D eigenvalue weighted by Gasteiger charge is -2.29. The summed E-state index contributed by atoms with van der Waals surface area (Å²) in [4.78, 5) is 28.8. The van der Waals surface area contributed by atoms with E-state index in [0.717, 1.165) is 39.4 Å². The van der Waals surface area contributed by atoms with E-state index in [0.29, 0.717) is 13.1 Å². The molecule has 1 N–H and O–H groups in total. The quantitative estimate of drug-likeness (QED) is 0.766. The maximum absolute atomic E-state index is 12.4. The van der Waals surface area contributed by atoms with E-state index in [1.807, 2.05) is 11.9 Å². The average molecular weight is 297 g/mol. The highest BCUT2D eigenvalue weighted by Crippen LogP contribution is 2.52. The van der Waals surface area contributed by atoms with Gasteiger partial charge in [-0.15, -0.1) is 0 Å². The molecule has 1 saturated carbocycles. The number of rotatable bonds is 4. The van der Waals surface area contributed by atoms with Gasteiger partial charge in [0, 0.05) is 52.2 Å². The van der Waals surface area contributed by atoms with Gasteiger partial charge in [-0.05, 0) is 11.8 Å². The number of carbonyl (C=O) groups is 2. The fraction of sp³-hybridized carbons (Fsp3) is 0.857. The Balaban J connectivity index is 1.41. The molecule has 1 aliphatic carbocycles. The summed E-state index contributed by atoms with van der Waals surface area (Å²) in [6, 6.07) is 0. The molecule has 3 rings (SSSR count). The number of carboxylic acid groups (broad SMARTS) is 1. The molecule has 0 bridgehead atoms. The van der Waals surface area contributed by atoms with Gasteiger partial charge in [-0.3, -0.25) is 9.69 Å². The molecule has 0 unspecified atom stereocenters. The predicted molar refractivity (Wildman–Crippen MR) is 75.0 cm³/mol. The summed E-state index contributed by atoms with van der Waals surface area (Å²) >= 11 is 0. The number of morpholine rings is 1. The molecule has 0 aromatic rings. The van der Waals surface area contributed by atoms with Crippen molar-refractivity contribution in [2.45, 2.75) is 0 Å². The molecule has 3 aliphatic rings. The molecule has 2 aliphatic heterocycles. The Labute approximate surface area is 124 Å². The van der Waals surface area contributed by atoms with Crippen molar-refractivity contribution in [3.8, 4) is 0 Å². The Bertz CT molecular complexity index is 412. The lowest BCUT2D eigenvalue weighted by Crippen LogP contribution is -2.43. The van der Waals surface area contributed by atoms with Gasteiger partial charge in [-0.1, -0.05) is 0 Å². The zero-order valence-electron chi connectivity index (χ0n) is 12.4. The summed E-state index contributed by atoms with van der Waals surface area (Å²) in [7, 11) is 1.85. The third kappa shape index (κ3) is 2.98. The summed E-state index contributed by atoms with van der Waals surface area (Å²) in [6.07, 6.45) is -0.867. The van der Waals surface area contributed by atoms with Crippen LogP contribution in [0.25, 0.3) is 0 Å². The number of piperidine rings is 1. The fourth-order valence-electron chi connectivity index (χ4n) is 3.53. The zero-order chi connectivity index (χ0) is 15.0. The van der Waals surface area contributed by atoms with E-state index in [4.69, 9.17) is 9.84 Å². The van der Waals surface area contributed by atoms with Crippen LogP contribution in [0.4, 0.5) is 4.79 Å². The summed E-state index contributed by atoms with van der Waals surface area (Å²) in [5, 5.41) is 8.93. The molecule has 2 amide bonds. The molecule has 118 valence electrons. The first-order valence-electron chi connectivity index (χ1n) is 7.61. The molecule has 7 heteroatoms. The highest BCUT2D eigenvalue weighted by molar-refractivity contribution is 5.83. The number of amides is 2. The molecule has 0 aromatic heterocycles. The predicted octanol–water partition coefficient (Wildman–Crippen LogP) is -0.367. The van der Waals surface area contributed by atoms with Crippen molar-refractivity contribution in [2.75, 3.05) is 59.5 Å². The van der Waals surface area contributed by atoms with Gasteiger partial charge in [0.15, 0.2) is 0 Å². The summed E-state index contributed by atoms with van der Waals surface area (Å²) < 4.78 is 5.31. The average Bonchev–Trinajstić information content (AvgIpc) is 2.98. The minimum Gasteiger partial charge on any atom is -0.465 e. The standard InChI is InChI=1S/C14H23N3O4/c1-15(2-3-16-4-6-21-7-5-16)13(18)12-10-8-17(14(19)20)9-11(10)12/h10-12H,2-9H2,1H3,(H,19,20)/t10-,11+,12+. The van der Waals surface area contributed by atoms with Gasteiger partial charge in [0.05, 0.1) is 13.2 Å². The second-order valence-electron chi connectivity index (χ2n) is 6.25. The van der Waals surface area contributed by atoms with Crippen molar-refractivity contribution in [3.05, 3.63) is 0 Å². The molecule has 3 atom stereocenters. The number of nitrogens with zero attached hydrogens (tertiary/aromatic N) is 3. The van der Waals surface area contributed by atoms with Gasteiger partial charge in [0.2, 0.25) is 5.91 Å². The van der Waals surface area contributed by atoms with Crippen LogP contribution < -0.4 is 0 Å². The van der Waals surface area contributed by atoms with Crippen molar-refractivity contribution in [2.24, 2.45) is 17.8 Å². The van der Waals surface area contributed by atoms with Crippen molar-refractivity contribution < 1.29 is 19.4 Å². The van der Waals surface area contributed by atoms with E-state index < -0.39 is 6.09 Å². The molecule has 2 heterocycles. The number of hydrogen-bond acceptors (Lipinski definition) is 4. The molecule has 0 aromatic carbocycles. The molecular weight excluding hydrogens is 274 g/mol. The lowest BCUT2D eigenvalue weighted by atomic mass is 10.2. The first-order valence-corrected chi connectivity index (χ1v) is 7.61. The normalized spacial score (nSPS) is 31.9. The van der Waals surface area contributed by atoms with Crippen LogP contribution in [0, 0.1) is 17.8 Å². The lowest BCUT2D eigenvalue weighted by molar-refractivity contribution is -0.132. The summed E-state index contributed by atoms with van der Waals surface area (Å²) in [5.41, 5.74) is 0. The second-order valence-corrected chi connectivity index (χ2v) is 6.25. The summed E-state index contributed by atoms with van der Waals surface area (Å²) in [6.45, 7) is 6.08. The van der Waals surface area contributed by atoms with Gasteiger partial charge in [0.25, 0.3) is 0 Å². The number of likely N-dealkylation sites (tertiary alicyclic amines) is 1. The van der Waals surface area contributed by atoms with E-state index in [-0.39, 0.29) is 23.7 Å². The van der Waals surface area contributed by atoms with Crippen LogP contribution >= 0.6 is 0 Å². The molecular formula is C14H23N3O4. The Morgan fingerprint density at radius 1 is 1.24 bits per heavy atom. The minimum atomic E-state index is -0.867. The summed E-state index contributed by atoms with van der Waals surface area (Å²) in [5.74, 6) is 0.734. The number of fused-ring (bicyclic) bond motifs is 1. The van der Waals surface area contributed by atoms with Crippen molar-refractivity contribution in [1.29, 1.82) is 0 Å². The van der Waals surface area contributed by atoms with Crippen LogP contribution in [-0.4, -0.2) is 91.3 Å². The van der Waals surface area contributed by atoms with Gasteiger partial charge in [-0.25, -0.2) is 4.79 Å². The zero-order valence-corrected chi connectivity index (χ0v) is 12.4. The Hall–Kier alpha value is -1.34. The monoisotopic (exact) mass is 297 g/mol. The minimum absolute atomic E-state index is 0.0512. The Morgan fingerprint density at radius 2 is 1.86 bits per heavy atom. The van der Waals surface area contributed by atoms with Crippen molar-refractivity contribution in [1.82, 2.24) is 14.7 Å². The number of carbonyl (C=O) groups excluding carboxylic acids is 1. The maximum Gasteiger partial charge on any atom is 0.407 e. The molecule has 0 radical (unpaired) electrons. The van der Waals surface area contributed by atoms with Crippen molar-refractivity contribution in [3.63, 3.8) is 0 Å².